The molecule has 0 saturated carbocycles. The molecule has 4 heterocycles. The number of carbonyl (C=O) groups excluding carboxylic acids is 1. The van der Waals surface area contributed by atoms with Crippen molar-refractivity contribution in [1.82, 2.24) is 19.6 Å². The highest BCUT2D eigenvalue weighted by atomic mass is 16.3. The van der Waals surface area contributed by atoms with Gasteiger partial charge in [-0.15, -0.1) is 0 Å². The highest BCUT2D eigenvalue weighted by molar-refractivity contribution is 5.95. The summed E-state index contributed by atoms with van der Waals surface area (Å²) in [6.45, 7) is 4.44. The summed E-state index contributed by atoms with van der Waals surface area (Å²) in [5, 5.41) is 4.33. The van der Waals surface area contributed by atoms with E-state index in [1.807, 2.05) is 35.0 Å². The van der Waals surface area contributed by atoms with E-state index in [2.05, 4.69) is 17.0 Å². The molecule has 2 aliphatic heterocycles. The van der Waals surface area contributed by atoms with Crippen molar-refractivity contribution in [2.75, 3.05) is 20.1 Å². The third-order valence-electron chi connectivity index (χ3n) is 5.70. The fraction of sp³-hybridized carbons (Fsp3) is 0.556. The first kappa shape index (κ1) is 15.4. The molecule has 6 nitrogen and oxygen atoms in total. The van der Waals surface area contributed by atoms with Gasteiger partial charge in [0.25, 0.3) is 5.91 Å². The van der Waals surface area contributed by atoms with E-state index >= 15 is 0 Å². The van der Waals surface area contributed by atoms with E-state index in [-0.39, 0.29) is 5.91 Å². The molecule has 0 spiro atoms. The van der Waals surface area contributed by atoms with Crippen molar-refractivity contribution < 1.29 is 9.21 Å². The molecule has 0 unspecified atom stereocenters. The Morgan fingerprint density at radius 3 is 3.04 bits per heavy atom. The number of amides is 1. The van der Waals surface area contributed by atoms with Crippen molar-refractivity contribution in [3.05, 3.63) is 42.1 Å². The van der Waals surface area contributed by atoms with Crippen LogP contribution >= 0.6 is 0 Å². The van der Waals surface area contributed by atoms with Crippen LogP contribution in [0.4, 0.5) is 0 Å². The second-order valence-corrected chi connectivity index (χ2v) is 7.04. The van der Waals surface area contributed by atoms with Crippen molar-refractivity contribution in [3.8, 4) is 0 Å². The van der Waals surface area contributed by atoms with Gasteiger partial charge in [-0.3, -0.25) is 14.4 Å². The zero-order valence-electron chi connectivity index (χ0n) is 14.3. The smallest absolute Gasteiger partial charge is 0.257 e. The molecule has 3 atom stereocenters. The minimum Gasteiger partial charge on any atom is -0.469 e. The fourth-order valence-electron chi connectivity index (χ4n) is 4.36. The molecule has 1 amide bonds. The first-order valence-electron chi connectivity index (χ1n) is 8.66. The Balaban J connectivity index is 1.44. The summed E-state index contributed by atoms with van der Waals surface area (Å²) in [7, 11) is 2.22. The number of furan rings is 1. The van der Waals surface area contributed by atoms with Gasteiger partial charge in [-0.25, -0.2) is 0 Å². The second-order valence-electron chi connectivity index (χ2n) is 7.04. The molecule has 0 bridgehead atoms. The van der Waals surface area contributed by atoms with E-state index in [0.29, 0.717) is 29.3 Å². The number of hydrogen-bond donors (Lipinski definition) is 0. The maximum atomic E-state index is 12.7. The van der Waals surface area contributed by atoms with Crippen LogP contribution in [0, 0.1) is 12.8 Å². The van der Waals surface area contributed by atoms with Crippen molar-refractivity contribution in [2.45, 2.75) is 38.4 Å². The van der Waals surface area contributed by atoms with Gasteiger partial charge in [0.05, 0.1) is 18.4 Å². The number of aromatic nitrogens is 2. The van der Waals surface area contributed by atoms with Crippen LogP contribution in [0.2, 0.25) is 0 Å². The summed E-state index contributed by atoms with van der Waals surface area (Å²) in [5.41, 5.74) is 0.702. The Kier molecular flexibility index (Phi) is 3.92. The van der Waals surface area contributed by atoms with E-state index < -0.39 is 0 Å². The van der Waals surface area contributed by atoms with Crippen LogP contribution in [0.25, 0.3) is 0 Å². The van der Waals surface area contributed by atoms with Crippen LogP contribution in [0.1, 0.15) is 29.0 Å². The lowest BCUT2D eigenvalue weighted by atomic mass is 9.91. The van der Waals surface area contributed by atoms with Gasteiger partial charge in [0, 0.05) is 37.6 Å². The number of rotatable bonds is 3. The molecular formula is C18H24N4O2. The molecule has 0 aliphatic carbocycles. The zero-order valence-corrected chi connectivity index (χ0v) is 14.3. The minimum absolute atomic E-state index is 0.109. The van der Waals surface area contributed by atoms with Crippen LogP contribution in [0.5, 0.6) is 0 Å². The van der Waals surface area contributed by atoms with Gasteiger partial charge >= 0.3 is 0 Å². The van der Waals surface area contributed by atoms with Gasteiger partial charge in [0.15, 0.2) is 0 Å². The van der Waals surface area contributed by atoms with Gasteiger partial charge in [0.1, 0.15) is 5.76 Å². The van der Waals surface area contributed by atoms with Gasteiger partial charge < -0.3 is 9.32 Å². The topological polar surface area (TPSA) is 54.5 Å². The Morgan fingerprint density at radius 2 is 2.33 bits per heavy atom. The summed E-state index contributed by atoms with van der Waals surface area (Å²) >= 11 is 0. The first-order chi connectivity index (χ1) is 11.6. The van der Waals surface area contributed by atoms with Crippen LogP contribution in [-0.2, 0) is 6.54 Å². The van der Waals surface area contributed by atoms with Crippen molar-refractivity contribution >= 4 is 5.91 Å². The molecule has 128 valence electrons. The number of fused-ring (bicyclic) bond motifs is 1. The quantitative estimate of drug-likeness (QED) is 0.865. The molecule has 0 radical (unpaired) electrons. The molecule has 2 aromatic rings. The zero-order chi connectivity index (χ0) is 16.7. The molecule has 0 N–H and O–H groups in total. The first-order valence-corrected chi connectivity index (χ1v) is 8.66. The Labute approximate surface area is 142 Å². The van der Waals surface area contributed by atoms with E-state index in [1.54, 1.807) is 12.3 Å². The predicted octanol–water partition coefficient (Wildman–Crippen LogP) is 2.02. The lowest BCUT2D eigenvalue weighted by molar-refractivity contribution is 0.0605. The monoisotopic (exact) mass is 328 g/mol. The summed E-state index contributed by atoms with van der Waals surface area (Å²) in [4.78, 5) is 17.2. The number of likely N-dealkylation sites (tertiary alicyclic amines) is 2. The predicted molar refractivity (Wildman–Crippen MR) is 89.6 cm³/mol. The minimum atomic E-state index is 0.109. The molecule has 24 heavy (non-hydrogen) atoms. The number of likely N-dealkylation sites (N-methyl/N-ethyl adjacent to an activating group) is 1. The van der Waals surface area contributed by atoms with E-state index in [9.17, 15) is 4.79 Å². The number of aryl methyl sites for hydroxylation is 1. The third kappa shape index (κ3) is 2.65. The SMILES string of the molecule is Cc1occc1C(=O)N1CC[C@@H]2[C@@H](C[C@H](Cn3cccn3)N2C)C1. The Morgan fingerprint density at radius 1 is 1.46 bits per heavy atom. The van der Waals surface area contributed by atoms with E-state index in [4.69, 9.17) is 4.42 Å². The van der Waals surface area contributed by atoms with Crippen LogP contribution in [0.15, 0.2) is 35.2 Å². The van der Waals surface area contributed by atoms with Gasteiger partial charge in [-0.1, -0.05) is 0 Å². The second kappa shape index (κ2) is 6.09. The molecule has 2 saturated heterocycles. The fourth-order valence-corrected chi connectivity index (χ4v) is 4.36. The highest BCUT2D eigenvalue weighted by Gasteiger charge is 2.43. The number of hydrogen-bond acceptors (Lipinski definition) is 4. The summed E-state index contributed by atoms with van der Waals surface area (Å²) < 4.78 is 7.30. The molecule has 2 aliphatic rings. The maximum Gasteiger partial charge on any atom is 0.257 e. The van der Waals surface area contributed by atoms with Crippen molar-refractivity contribution in [1.29, 1.82) is 0 Å². The standard InChI is InChI=1S/C18H24N4O2/c1-13-16(5-9-24-13)18(23)21-8-4-17-14(11-21)10-15(20(17)2)12-22-7-3-6-19-22/h3,5-7,9,14-15,17H,4,8,10-12H2,1-2H3/t14-,15+,17+/m0/s1. The van der Waals surface area contributed by atoms with Crippen molar-refractivity contribution in [3.63, 3.8) is 0 Å². The lowest BCUT2D eigenvalue weighted by Gasteiger charge is -2.37. The average Bonchev–Trinajstić information content (AvgIpc) is 3.29. The normalized spacial score (nSPS) is 27.4. The molecule has 4 rings (SSSR count). The van der Waals surface area contributed by atoms with Crippen LogP contribution in [-0.4, -0.2) is 57.7 Å². The third-order valence-corrected chi connectivity index (χ3v) is 5.70. The summed E-state index contributed by atoms with van der Waals surface area (Å²) in [6, 6.07) is 4.81. The lowest BCUT2D eigenvalue weighted by Crippen LogP contribution is -2.47. The number of nitrogens with zero attached hydrogens (tertiary/aromatic N) is 4. The largest absolute Gasteiger partial charge is 0.469 e. The Bertz CT molecular complexity index is 708. The van der Waals surface area contributed by atoms with E-state index in [0.717, 1.165) is 32.5 Å². The van der Waals surface area contributed by atoms with Crippen molar-refractivity contribution in [2.24, 2.45) is 5.92 Å². The highest BCUT2D eigenvalue weighted by Crippen LogP contribution is 2.35. The summed E-state index contributed by atoms with van der Waals surface area (Å²) in [5.74, 6) is 1.36. The van der Waals surface area contributed by atoms with Gasteiger partial charge in [0.2, 0.25) is 0 Å². The summed E-state index contributed by atoms with van der Waals surface area (Å²) in [6.07, 6.45) is 7.61. The van der Waals surface area contributed by atoms with Gasteiger partial charge in [-0.05, 0) is 44.9 Å². The van der Waals surface area contributed by atoms with Crippen LogP contribution in [0.3, 0.4) is 0 Å². The van der Waals surface area contributed by atoms with Gasteiger partial charge in [-0.2, -0.15) is 5.10 Å². The molecule has 2 aromatic heterocycles. The van der Waals surface area contributed by atoms with E-state index in [1.165, 1.54) is 0 Å². The number of carbonyl (C=O) groups is 1. The molecule has 0 aromatic carbocycles. The van der Waals surface area contributed by atoms with Crippen LogP contribution < -0.4 is 0 Å². The maximum absolute atomic E-state index is 12.7. The average molecular weight is 328 g/mol. The molecular weight excluding hydrogens is 304 g/mol. The molecule has 6 heteroatoms. The molecule has 2 fully saturated rings. The number of piperidine rings is 1. The Hall–Kier alpha value is -2.08.